The molecule has 0 saturated carbocycles. The first-order valence-electron chi connectivity index (χ1n) is 8.77. The standard InChI is InChI=1S/C22H21N3S/c1-3-8-18(9-4-1)14-23-15-20-17-25(16-19-10-5-2-6-11-19)24-22(20)21-12-7-13-26-21/h1-13,17,23H,14-16H2. The summed E-state index contributed by atoms with van der Waals surface area (Å²) in [5.41, 5.74) is 4.87. The van der Waals surface area contributed by atoms with Crippen molar-refractivity contribution in [3.63, 3.8) is 0 Å². The van der Waals surface area contributed by atoms with Crippen LogP contribution in [0.4, 0.5) is 0 Å². The third-order valence-corrected chi connectivity index (χ3v) is 5.14. The van der Waals surface area contributed by atoms with Crippen molar-refractivity contribution in [3.8, 4) is 10.6 Å². The Morgan fingerprint density at radius 1 is 0.808 bits per heavy atom. The molecular formula is C22H21N3S. The molecule has 0 atom stereocenters. The highest BCUT2D eigenvalue weighted by Gasteiger charge is 2.12. The quantitative estimate of drug-likeness (QED) is 0.506. The Bertz CT molecular complexity index is 928. The Balaban J connectivity index is 1.52. The van der Waals surface area contributed by atoms with Crippen molar-refractivity contribution in [1.82, 2.24) is 15.1 Å². The van der Waals surface area contributed by atoms with E-state index in [0.717, 1.165) is 25.3 Å². The van der Waals surface area contributed by atoms with Gasteiger partial charge in [-0.15, -0.1) is 11.3 Å². The van der Waals surface area contributed by atoms with E-state index in [1.165, 1.54) is 21.6 Å². The van der Waals surface area contributed by atoms with E-state index in [1.807, 2.05) is 16.8 Å². The first-order valence-corrected chi connectivity index (χ1v) is 9.65. The molecule has 0 fully saturated rings. The Kier molecular flexibility index (Phi) is 5.24. The van der Waals surface area contributed by atoms with Crippen LogP contribution in [0.1, 0.15) is 16.7 Å². The van der Waals surface area contributed by atoms with Crippen LogP contribution in [0.25, 0.3) is 10.6 Å². The maximum absolute atomic E-state index is 4.86. The van der Waals surface area contributed by atoms with Gasteiger partial charge in [-0.2, -0.15) is 5.10 Å². The molecule has 0 aliphatic carbocycles. The summed E-state index contributed by atoms with van der Waals surface area (Å²) in [4.78, 5) is 1.22. The van der Waals surface area contributed by atoms with Gasteiger partial charge in [0.1, 0.15) is 5.69 Å². The summed E-state index contributed by atoms with van der Waals surface area (Å²) < 4.78 is 2.05. The van der Waals surface area contributed by atoms with Crippen LogP contribution >= 0.6 is 11.3 Å². The fraction of sp³-hybridized carbons (Fsp3) is 0.136. The zero-order chi connectivity index (χ0) is 17.6. The summed E-state index contributed by atoms with van der Waals surface area (Å²) in [5, 5.41) is 10.5. The molecule has 0 aliphatic rings. The van der Waals surface area contributed by atoms with Crippen molar-refractivity contribution in [2.24, 2.45) is 0 Å². The molecular weight excluding hydrogens is 338 g/mol. The van der Waals surface area contributed by atoms with Gasteiger partial charge in [-0.05, 0) is 22.6 Å². The van der Waals surface area contributed by atoms with Crippen LogP contribution in [0, 0.1) is 0 Å². The third-order valence-electron chi connectivity index (χ3n) is 4.27. The van der Waals surface area contributed by atoms with Gasteiger partial charge in [-0.3, -0.25) is 4.68 Å². The molecule has 4 heteroatoms. The Hall–Kier alpha value is -2.69. The topological polar surface area (TPSA) is 29.9 Å². The SMILES string of the molecule is c1ccc(CNCc2cn(Cc3ccccc3)nc2-c2cccs2)cc1. The van der Waals surface area contributed by atoms with Crippen LogP contribution in [-0.2, 0) is 19.6 Å². The van der Waals surface area contributed by atoms with Crippen molar-refractivity contribution in [2.45, 2.75) is 19.6 Å². The Morgan fingerprint density at radius 2 is 1.54 bits per heavy atom. The summed E-state index contributed by atoms with van der Waals surface area (Å²) in [6, 6.07) is 25.2. The predicted octanol–water partition coefficient (Wildman–Crippen LogP) is 4.95. The van der Waals surface area contributed by atoms with Gasteiger partial charge >= 0.3 is 0 Å². The van der Waals surface area contributed by atoms with Crippen LogP contribution in [0.5, 0.6) is 0 Å². The van der Waals surface area contributed by atoms with E-state index in [4.69, 9.17) is 5.10 Å². The zero-order valence-electron chi connectivity index (χ0n) is 14.5. The lowest BCUT2D eigenvalue weighted by atomic mass is 10.2. The van der Waals surface area contributed by atoms with Crippen molar-refractivity contribution in [3.05, 3.63) is 101 Å². The predicted molar refractivity (Wildman–Crippen MR) is 108 cm³/mol. The lowest BCUT2D eigenvalue weighted by molar-refractivity contribution is 0.677. The third kappa shape index (κ3) is 4.10. The van der Waals surface area contributed by atoms with Crippen LogP contribution in [0.2, 0.25) is 0 Å². The van der Waals surface area contributed by atoms with Crippen molar-refractivity contribution < 1.29 is 0 Å². The van der Waals surface area contributed by atoms with Crippen LogP contribution in [0.3, 0.4) is 0 Å². The molecule has 2 aromatic carbocycles. The maximum atomic E-state index is 4.86. The molecule has 4 rings (SSSR count). The van der Waals surface area contributed by atoms with Gasteiger partial charge in [-0.25, -0.2) is 0 Å². The average Bonchev–Trinajstić information content (AvgIpc) is 3.33. The minimum Gasteiger partial charge on any atom is -0.308 e. The van der Waals surface area contributed by atoms with E-state index in [-0.39, 0.29) is 0 Å². The second kappa shape index (κ2) is 8.13. The lowest BCUT2D eigenvalue weighted by Crippen LogP contribution is -2.12. The number of hydrogen-bond donors (Lipinski definition) is 1. The highest BCUT2D eigenvalue weighted by atomic mass is 32.1. The first kappa shape index (κ1) is 16.8. The van der Waals surface area contributed by atoms with Crippen molar-refractivity contribution in [1.29, 1.82) is 0 Å². The second-order valence-corrected chi connectivity index (χ2v) is 7.20. The highest BCUT2D eigenvalue weighted by molar-refractivity contribution is 7.13. The number of nitrogens with zero attached hydrogens (tertiary/aromatic N) is 2. The number of hydrogen-bond acceptors (Lipinski definition) is 3. The lowest BCUT2D eigenvalue weighted by Gasteiger charge is -2.04. The van der Waals surface area contributed by atoms with Crippen LogP contribution in [0.15, 0.2) is 84.4 Å². The number of rotatable bonds is 7. The maximum Gasteiger partial charge on any atom is 0.107 e. The summed E-state index contributed by atoms with van der Waals surface area (Å²) >= 11 is 1.74. The largest absolute Gasteiger partial charge is 0.308 e. The molecule has 0 radical (unpaired) electrons. The molecule has 0 unspecified atom stereocenters. The second-order valence-electron chi connectivity index (χ2n) is 6.25. The molecule has 4 aromatic rings. The minimum absolute atomic E-state index is 0.790. The van der Waals surface area contributed by atoms with Gasteiger partial charge in [0, 0.05) is 24.8 Å². The van der Waals surface area contributed by atoms with Crippen LogP contribution < -0.4 is 5.32 Å². The number of nitrogens with one attached hydrogen (secondary N) is 1. The summed E-state index contributed by atoms with van der Waals surface area (Å²) in [5.74, 6) is 0. The molecule has 2 aromatic heterocycles. The molecule has 1 N–H and O–H groups in total. The van der Waals surface area contributed by atoms with Crippen molar-refractivity contribution >= 4 is 11.3 Å². The number of benzene rings is 2. The normalized spacial score (nSPS) is 10.9. The van der Waals surface area contributed by atoms with Gasteiger partial charge < -0.3 is 5.32 Å². The molecule has 130 valence electrons. The summed E-state index contributed by atoms with van der Waals surface area (Å²) in [7, 11) is 0. The summed E-state index contributed by atoms with van der Waals surface area (Å²) in [6.45, 7) is 2.45. The van der Waals surface area contributed by atoms with Gasteiger partial charge in [0.15, 0.2) is 0 Å². The first-order chi connectivity index (χ1) is 12.9. The molecule has 0 amide bonds. The van der Waals surface area contributed by atoms with E-state index >= 15 is 0 Å². The van der Waals surface area contributed by atoms with Gasteiger partial charge in [0.25, 0.3) is 0 Å². The number of thiophene rings is 1. The Morgan fingerprint density at radius 3 is 2.23 bits per heavy atom. The fourth-order valence-electron chi connectivity index (χ4n) is 3.00. The fourth-order valence-corrected chi connectivity index (χ4v) is 3.75. The monoisotopic (exact) mass is 359 g/mol. The van der Waals surface area contributed by atoms with Crippen molar-refractivity contribution in [2.75, 3.05) is 0 Å². The number of aromatic nitrogens is 2. The van der Waals surface area contributed by atoms with Gasteiger partial charge in [0.05, 0.1) is 11.4 Å². The molecule has 3 nitrogen and oxygen atoms in total. The van der Waals surface area contributed by atoms with Gasteiger partial charge in [0.2, 0.25) is 0 Å². The summed E-state index contributed by atoms with van der Waals surface area (Å²) in [6.07, 6.45) is 2.17. The molecule has 0 aliphatic heterocycles. The molecule has 0 saturated heterocycles. The highest BCUT2D eigenvalue weighted by Crippen LogP contribution is 2.27. The Labute approximate surface area is 157 Å². The van der Waals surface area contributed by atoms with Crippen LogP contribution in [-0.4, -0.2) is 9.78 Å². The molecule has 0 spiro atoms. The minimum atomic E-state index is 0.790. The smallest absolute Gasteiger partial charge is 0.107 e. The van der Waals surface area contributed by atoms with E-state index in [9.17, 15) is 0 Å². The van der Waals surface area contributed by atoms with E-state index < -0.39 is 0 Å². The van der Waals surface area contributed by atoms with Gasteiger partial charge in [-0.1, -0.05) is 66.7 Å². The molecule has 0 bridgehead atoms. The average molecular weight is 359 g/mol. The zero-order valence-corrected chi connectivity index (χ0v) is 15.3. The molecule has 2 heterocycles. The molecule has 26 heavy (non-hydrogen) atoms. The van der Waals surface area contributed by atoms with E-state index in [0.29, 0.717) is 0 Å². The van der Waals surface area contributed by atoms with E-state index in [2.05, 4.69) is 77.6 Å². The van der Waals surface area contributed by atoms with E-state index in [1.54, 1.807) is 11.3 Å².